The van der Waals surface area contributed by atoms with Gasteiger partial charge in [0.15, 0.2) is 0 Å². The fourth-order valence-electron chi connectivity index (χ4n) is 2.77. The van der Waals surface area contributed by atoms with E-state index < -0.39 is 10.1 Å². The molecule has 2 aliphatic rings. The quantitative estimate of drug-likeness (QED) is 0.620. The van der Waals surface area contributed by atoms with E-state index in [1.807, 2.05) is 13.0 Å². The second-order valence-electron chi connectivity index (χ2n) is 5.64. The molecule has 22 heavy (non-hydrogen) atoms. The molecule has 0 spiro atoms. The van der Waals surface area contributed by atoms with Gasteiger partial charge in [0.25, 0.3) is 0 Å². The summed E-state index contributed by atoms with van der Waals surface area (Å²) in [5.41, 5.74) is 4.68. The standard InChI is InChI=1S/C17H22O3S.Na/c1-5-12-9-14(11(3)4)7-8-15-16(21(18,19)20)10-13(6-2)17(12)15;/h7-11H,5-6H2,1-4H3,(H,18,19,20);/q;+1/p-1. The van der Waals surface area contributed by atoms with Crippen molar-refractivity contribution < 1.29 is 42.5 Å². The van der Waals surface area contributed by atoms with Gasteiger partial charge in [-0.15, -0.1) is 0 Å². The first-order valence-corrected chi connectivity index (χ1v) is 8.74. The van der Waals surface area contributed by atoms with Crippen LogP contribution in [0, 0.1) is 0 Å². The van der Waals surface area contributed by atoms with E-state index in [1.165, 1.54) is 0 Å². The first kappa shape index (κ1) is 19.7. The summed E-state index contributed by atoms with van der Waals surface area (Å²) in [6, 6.07) is 7.39. The Morgan fingerprint density at radius 1 is 1.05 bits per heavy atom. The second-order valence-corrected chi connectivity index (χ2v) is 6.99. The normalized spacial score (nSPS) is 11.7. The number of hydrogen-bond donors (Lipinski definition) is 0. The molecule has 0 bridgehead atoms. The summed E-state index contributed by atoms with van der Waals surface area (Å²) < 4.78 is 34.6. The van der Waals surface area contributed by atoms with Crippen molar-refractivity contribution in [2.75, 3.05) is 0 Å². The van der Waals surface area contributed by atoms with Crippen LogP contribution in [-0.2, 0) is 23.0 Å². The fourth-order valence-corrected chi connectivity index (χ4v) is 3.50. The monoisotopic (exact) mass is 328 g/mol. The molecule has 0 amide bonds. The first-order chi connectivity index (χ1) is 9.79. The summed E-state index contributed by atoms with van der Waals surface area (Å²) in [7, 11) is -4.46. The van der Waals surface area contributed by atoms with Gasteiger partial charge < -0.3 is 4.55 Å². The van der Waals surface area contributed by atoms with E-state index in [-0.39, 0.29) is 34.5 Å². The van der Waals surface area contributed by atoms with Gasteiger partial charge in [0.2, 0.25) is 0 Å². The third-order valence-corrected chi connectivity index (χ3v) is 4.84. The minimum absolute atomic E-state index is 0. The predicted molar refractivity (Wildman–Crippen MR) is 83.9 cm³/mol. The van der Waals surface area contributed by atoms with Gasteiger partial charge in [-0.3, -0.25) is 0 Å². The van der Waals surface area contributed by atoms with Crippen molar-refractivity contribution in [2.24, 2.45) is 0 Å². The Hall–Kier alpha value is -0.390. The van der Waals surface area contributed by atoms with Crippen LogP contribution in [0.5, 0.6) is 0 Å². The third kappa shape index (κ3) is 3.74. The Labute approximate surface area is 155 Å². The molecule has 114 valence electrons. The van der Waals surface area contributed by atoms with Crippen LogP contribution in [0.1, 0.15) is 50.3 Å². The van der Waals surface area contributed by atoms with Gasteiger partial charge >= 0.3 is 29.6 Å². The van der Waals surface area contributed by atoms with Crippen LogP contribution in [0.2, 0.25) is 0 Å². The van der Waals surface area contributed by atoms with E-state index in [0.29, 0.717) is 17.9 Å². The van der Waals surface area contributed by atoms with Crippen molar-refractivity contribution in [3.8, 4) is 11.1 Å². The summed E-state index contributed by atoms with van der Waals surface area (Å²) in [4.78, 5) is -0.0880. The van der Waals surface area contributed by atoms with Crippen LogP contribution < -0.4 is 29.6 Å². The maximum absolute atomic E-state index is 11.5. The molecule has 0 radical (unpaired) electrons. The van der Waals surface area contributed by atoms with Crippen LogP contribution in [-0.4, -0.2) is 13.0 Å². The van der Waals surface area contributed by atoms with Crippen molar-refractivity contribution in [1.29, 1.82) is 0 Å². The molecule has 0 fully saturated rings. The molecule has 2 rings (SSSR count). The largest absolute Gasteiger partial charge is 1.00 e. The molecule has 0 aromatic heterocycles. The Kier molecular flexibility index (Phi) is 6.66. The van der Waals surface area contributed by atoms with Crippen molar-refractivity contribution in [1.82, 2.24) is 0 Å². The summed E-state index contributed by atoms with van der Waals surface area (Å²) in [5, 5.41) is 0. The Morgan fingerprint density at radius 3 is 2.05 bits per heavy atom. The van der Waals surface area contributed by atoms with Crippen molar-refractivity contribution in [2.45, 2.75) is 51.3 Å². The summed E-state index contributed by atoms with van der Waals surface area (Å²) >= 11 is 0. The fraction of sp³-hybridized carbons (Fsp3) is 0.412. The minimum Gasteiger partial charge on any atom is -0.744 e. The molecular formula is C17H21NaO3S. The smallest absolute Gasteiger partial charge is 0.744 e. The molecule has 0 aromatic rings. The minimum atomic E-state index is -4.46. The SMILES string of the molecule is CCc1cc(C(C)C)ccc2c(S(=O)(=O)[O-])cc(CC)c1-2.[Na+]. The van der Waals surface area contributed by atoms with Gasteiger partial charge in [-0.05, 0) is 52.6 Å². The number of hydrogen-bond acceptors (Lipinski definition) is 3. The third-order valence-electron chi connectivity index (χ3n) is 3.96. The summed E-state index contributed by atoms with van der Waals surface area (Å²) in [6.45, 7) is 8.24. The molecule has 0 N–H and O–H groups in total. The Bertz CT molecular complexity index is 736. The number of fused-ring (bicyclic) bond motifs is 1. The average Bonchev–Trinajstić information content (AvgIpc) is 2.67. The van der Waals surface area contributed by atoms with Gasteiger partial charge in [-0.2, -0.15) is 0 Å². The van der Waals surface area contributed by atoms with Crippen molar-refractivity contribution in [3.05, 3.63) is 41.0 Å². The van der Waals surface area contributed by atoms with E-state index in [0.717, 1.165) is 28.7 Å². The van der Waals surface area contributed by atoms with Crippen molar-refractivity contribution in [3.63, 3.8) is 0 Å². The Morgan fingerprint density at radius 2 is 1.59 bits per heavy atom. The summed E-state index contributed by atoms with van der Waals surface area (Å²) in [6.07, 6.45) is 1.51. The second kappa shape index (κ2) is 7.45. The van der Waals surface area contributed by atoms with Crippen molar-refractivity contribution >= 4 is 10.1 Å². The van der Waals surface area contributed by atoms with Gasteiger partial charge in [-0.25, -0.2) is 8.42 Å². The van der Waals surface area contributed by atoms with E-state index in [2.05, 4.69) is 26.8 Å². The number of rotatable bonds is 4. The van der Waals surface area contributed by atoms with E-state index >= 15 is 0 Å². The van der Waals surface area contributed by atoms with E-state index in [4.69, 9.17) is 0 Å². The van der Waals surface area contributed by atoms with Crippen LogP contribution in [0.4, 0.5) is 0 Å². The molecular weight excluding hydrogens is 307 g/mol. The topological polar surface area (TPSA) is 57.2 Å². The van der Waals surface area contributed by atoms with E-state index in [9.17, 15) is 13.0 Å². The maximum atomic E-state index is 11.5. The molecule has 2 aliphatic carbocycles. The molecule has 0 saturated carbocycles. The van der Waals surface area contributed by atoms with Crippen LogP contribution in [0.25, 0.3) is 11.1 Å². The van der Waals surface area contributed by atoms with Gasteiger partial charge in [0.05, 0.1) is 4.90 Å². The summed E-state index contributed by atoms with van der Waals surface area (Å²) in [5.74, 6) is 0.351. The Balaban J connectivity index is 0.00000242. The molecule has 3 nitrogen and oxygen atoms in total. The molecule has 0 aromatic carbocycles. The zero-order valence-electron chi connectivity index (χ0n) is 13.9. The molecule has 5 heteroatoms. The molecule has 0 atom stereocenters. The molecule has 0 unspecified atom stereocenters. The van der Waals surface area contributed by atoms with Gasteiger partial charge in [0, 0.05) is 0 Å². The zero-order valence-corrected chi connectivity index (χ0v) is 16.8. The molecule has 0 heterocycles. The molecule has 0 aliphatic heterocycles. The van der Waals surface area contributed by atoms with E-state index in [1.54, 1.807) is 12.1 Å². The van der Waals surface area contributed by atoms with Crippen LogP contribution in [0.15, 0.2) is 29.2 Å². The van der Waals surface area contributed by atoms with Gasteiger partial charge in [-0.1, -0.05) is 45.9 Å². The zero-order chi connectivity index (χ0) is 15.8. The predicted octanol–water partition coefficient (Wildman–Crippen LogP) is 0.948. The van der Waals surface area contributed by atoms with Gasteiger partial charge in [0.1, 0.15) is 10.1 Å². The maximum Gasteiger partial charge on any atom is 1.00 e. The first-order valence-electron chi connectivity index (χ1n) is 7.33. The number of aryl methyl sites for hydroxylation is 2. The average molecular weight is 328 g/mol. The van der Waals surface area contributed by atoms with Crippen LogP contribution >= 0.6 is 0 Å². The molecule has 0 saturated heterocycles. The van der Waals surface area contributed by atoms with Crippen LogP contribution in [0.3, 0.4) is 0 Å².